The molecule has 6 rings (SSSR count). The number of nitrogens with zero attached hydrogens (tertiary/aromatic N) is 4. The number of aromatic hydroxyl groups is 2. The molecule has 0 fully saturated rings. The highest BCUT2D eigenvalue weighted by Crippen LogP contribution is 2.41. The molecule has 0 amide bonds. The Morgan fingerprint density at radius 3 is 1.15 bits per heavy atom. The molecule has 0 aliphatic rings. The lowest BCUT2D eigenvalue weighted by atomic mass is 10.1. The predicted octanol–water partition coefficient (Wildman–Crippen LogP) is 8.21. The standard InChI is InChI=1S/C34H24N4O8S2/c39-33-27-7-3-1-5-25(27)31(47(41,42)43)19-29(33)37-35-23-15-11-21(12-16-23)9-10-22-13-17-24(18-14-22)36-38-30-20-32(48(44,45)46)26-6-2-4-8-28(26)34(30)40/h1-20,39-40H,(H,41,42,43)(H,44,45,46)/p-2. The molecule has 2 N–H and O–H groups in total. The van der Waals surface area contributed by atoms with Crippen molar-refractivity contribution in [1.29, 1.82) is 0 Å². The van der Waals surface area contributed by atoms with Gasteiger partial charge in [0.15, 0.2) is 11.5 Å². The van der Waals surface area contributed by atoms with Crippen molar-refractivity contribution in [2.75, 3.05) is 0 Å². The highest BCUT2D eigenvalue weighted by molar-refractivity contribution is 7.86. The van der Waals surface area contributed by atoms with Gasteiger partial charge >= 0.3 is 0 Å². The lowest BCUT2D eigenvalue weighted by Gasteiger charge is -2.13. The quantitative estimate of drug-likeness (QED) is 0.0909. The molecule has 0 saturated heterocycles. The summed E-state index contributed by atoms with van der Waals surface area (Å²) in [4.78, 5) is -1.00. The molecule has 6 aromatic rings. The molecule has 0 aliphatic carbocycles. The second-order valence-corrected chi connectivity index (χ2v) is 13.1. The average Bonchev–Trinajstić information content (AvgIpc) is 3.07. The minimum Gasteiger partial charge on any atom is -0.744 e. The fourth-order valence-corrected chi connectivity index (χ4v) is 6.32. The van der Waals surface area contributed by atoms with Gasteiger partial charge in [-0.2, -0.15) is 10.2 Å². The molecule has 0 bridgehead atoms. The van der Waals surface area contributed by atoms with Gasteiger partial charge in [0.2, 0.25) is 0 Å². The molecule has 240 valence electrons. The van der Waals surface area contributed by atoms with Crippen LogP contribution in [0.25, 0.3) is 33.7 Å². The van der Waals surface area contributed by atoms with E-state index in [-0.39, 0.29) is 44.4 Å². The third-order valence-corrected chi connectivity index (χ3v) is 9.01. The van der Waals surface area contributed by atoms with E-state index >= 15 is 0 Å². The van der Waals surface area contributed by atoms with E-state index in [4.69, 9.17) is 0 Å². The molecule has 12 nitrogen and oxygen atoms in total. The zero-order chi connectivity index (χ0) is 34.1. The van der Waals surface area contributed by atoms with Crippen molar-refractivity contribution >= 4 is 76.7 Å². The zero-order valence-corrected chi connectivity index (χ0v) is 26.1. The minimum atomic E-state index is -4.84. The lowest BCUT2D eigenvalue weighted by molar-refractivity contribution is 0.461. The van der Waals surface area contributed by atoms with Crippen LogP contribution in [-0.4, -0.2) is 36.2 Å². The van der Waals surface area contributed by atoms with Crippen LogP contribution in [0, 0.1) is 0 Å². The Kier molecular flexibility index (Phi) is 8.56. The summed E-state index contributed by atoms with van der Waals surface area (Å²) in [5.41, 5.74) is 2.15. The van der Waals surface area contributed by atoms with Gasteiger partial charge in [-0.05, 0) is 47.5 Å². The summed E-state index contributed by atoms with van der Waals surface area (Å²) in [5, 5.41) is 37.8. The number of fused-ring (bicyclic) bond motifs is 2. The molecule has 6 aromatic carbocycles. The molecular formula is C34H22N4O8S2-2. The molecule has 0 heterocycles. The third-order valence-electron chi connectivity index (χ3n) is 7.26. The van der Waals surface area contributed by atoms with E-state index in [2.05, 4.69) is 20.5 Å². The van der Waals surface area contributed by atoms with Gasteiger partial charge < -0.3 is 19.3 Å². The Bertz CT molecular complexity index is 2340. The van der Waals surface area contributed by atoms with Crippen LogP contribution in [0.1, 0.15) is 11.1 Å². The van der Waals surface area contributed by atoms with Gasteiger partial charge in [0.25, 0.3) is 0 Å². The molecule has 0 unspecified atom stereocenters. The van der Waals surface area contributed by atoms with E-state index in [1.807, 2.05) is 12.2 Å². The molecule has 0 radical (unpaired) electrons. The third kappa shape index (κ3) is 6.82. The molecule has 48 heavy (non-hydrogen) atoms. The van der Waals surface area contributed by atoms with Crippen LogP contribution >= 0.6 is 0 Å². The first-order valence-corrected chi connectivity index (χ1v) is 16.8. The highest BCUT2D eigenvalue weighted by Gasteiger charge is 2.16. The van der Waals surface area contributed by atoms with Crippen LogP contribution in [0.2, 0.25) is 0 Å². The lowest BCUT2D eigenvalue weighted by Crippen LogP contribution is -1.99. The van der Waals surface area contributed by atoms with Gasteiger partial charge in [0.1, 0.15) is 31.6 Å². The maximum atomic E-state index is 11.8. The van der Waals surface area contributed by atoms with Crippen LogP contribution in [0.15, 0.2) is 139 Å². The number of benzene rings is 6. The first kappa shape index (κ1) is 32.2. The maximum absolute atomic E-state index is 11.8. The van der Waals surface area contributed by atoms with Crippen LogP contribution in [0.5, 0.6) is 11.5 Å². The van der Waals surface area contributed by atoms with Crippen molar-refractivity contribution in [1.82, 2.24) is 0 Å². The maximum Gasteiger partial charge on any atom is 0.150 e. The highest BCUT2D eigenvalue weighted by atomic mass is 32.2. The summed E-state index contributed by atoms with van der Waals surface area (Å²) in [5.74, 6) is -0.603. The van der Waals surface area contributed by atoms with Gasteiger partial charge in [-0.3, -0.25) is 0 Å². The Morgan fingerprint density at radius 2 is 0.812 bits per heavy atom. The van der Waals surface area contributed by atoms with Gasteiger partial charge in [-0.15, -0.1) is 10.2 Å². The molecule has 14 heteroatoms. The Morgan fingerprint density at radius 1 is 0.479 bits per heavy atom. The van der Waals surface area contributed by atoms with E-state index in [0.717, 1.165) is 23.3 Å². The molecule has 0 aliphatic heterocycles. The Hall–Kier alpha value is -5.80. The first-order valence-electron chi connectivity index (χ1n) is 14.0. The topological polar surface area (TPSA) is 204 Å². The molecular weight excluding hydrogens is 657 g/mol. The van der Waals surface area contributed by atoms with Crippen LogP contribution in [0.4, 0.5) is 22.7 Å². The summed E-state index contributed by atoms with van der Waals surface area (Å²) in [6, 6.07) is 27.9. The summed E-state index contributed by atoms with van der Waals surface area (Å²) in [7, 11) is -9.67. The number of phenolic OH excluding ortho intramolecular Hbond substituents is 2. The summed E-state index contributed by atoms with van der Waals surface area (Å²) < 4.78 is 70.9. The summed E-state index contributed by atoms with van der Waals surface area (Å²) >= 11 is 0. The van der Waals surface area contributed by atoms with E-state index < -0.39 is 30.0 Å². The summed E-state index contributed by atoms with van der Waals surface area (Å²) in [6.07, 6.45) is 3.69. The van der Waals surface area contributed by atoms with Crippen LogP contribution in [-0.2, 0) is 20.2 Å². The van der Waals surface area contributed by atoms with Crippen molar-refractivity contribution in [2.24, 2.45) is 20.5 Å². The van der Waals surface area contributed by atoms with Crippen molar-refractivity contribution < 1.29 is 36.2 Å². The Balaban J connectivity index is 1.16. The van der Waals surface area contributed by atoms with E-state index in [9.17, 15) is 36.2 Å². The fraction of sp³-hybridized carbons (Fsp3) is 0. The summed E-state index contributed by atoms with van der Waals surface area (Å²) in [6.45, 7) is 0. The van der Waals surface area contributed by atoms with E-state index in [1.54, 1.807) is 72.8 Å². The van der Waals surface area contributed by atoms with Crippen molar-refractivity contribution in [3.05, 3.63) is 120 Å². The zero-order valence-electron chi connectivity index (χ0n) is 24.5. The average molecular weight is 679 g/mol. The van der Waals surface area contributed by atoms with Crippen LogP contribution < -0.4 is 0 Å². The monoisotopic (exact) mass is 678 g/mol. The Labute approximate surface area is 274 Å². The second kappa shape index (κ2) is 12.8. The molecule has 0 aromatic heterocycles. The van der Waals surface area contributed by atoms with E-state index in [0.29, 0.717) is 11.4 Å². The van der Waals surface area contributed by atoms with E-state index in [1.165, 1.54) is 24.3 Å². The van der Waals surface area contributed by atoms with Crippen molar-refractivity contribution in [3.63, 3.8) is 0 Å². The van der Waals surface area contributed by atoms with Gasteiger partial charge in [-0.1, -0.05) is 84.9 Å². The smallest absolute Gasteiger partial charge is 0.150 e. The fourth-order valence-electron chi connectivity index (χ4n) is 4.91. The SMILES string of the molecule is O=S(=O)([O-])c1cc(N=Nc2ccc(C=Cc3ccc(N=Nc4cc(S(=O)(=O)[O-])c5ccccc5c4O)cc3)cc2)c(O)c2ccccc12. The van der Waals surface area contributed by atoms with Crippen LogP contribution in [0.3, 0.4) is 0 Å². The predicted molar refractivity (Wildman–Crippen MR) is 177 cm³/mol. The second-order valence-electron chi connectivity index (χ2n) is 10.4. The van der Waals surface area contributed by atoms with Gasteiger partial charge in [-0.25, -0.2) is 16.8 Å². The van der Waals surface area contributed by atoms with Crippen molar-refractivity contribution in [2.45, 2.75) is 9.79 Å². The minimum absolute atomic E-state index is 0.0928. The molecule has 0 spiro atoms. The molecule has 0 atom stereocenters. The number of azo groups is 2. The molecule has 0 saturated carbocycles. The largest absolute Gasteiger partial charge is 0.744 e. The number of hydrogen-bond acceptors (Lipinski definition) is 12. The van der Waals surface area contributed by atoms with Gasteiger partial charge in [0, 0.05) is 21.5 Å². The van der Waals surface area contributed by atoms with Crippen molar-refractivity contribution in [3.8, 4) is 11.5 Å². The number of phenols is 2. The number of hydrogen-bond donors (Lipinski definition) is 2. The normalized spacial score (nSPS) is 12.6. The first-order chi connectivity index (χ1) is 22.9. The number of rotatable bonds is 8. The van der Waals surface area contributed by atoms with Gasteiger partial charge in [0.05, 0.1) is 21.2 Å².